The van der Waals surface area contributed by atoms with Crippen molar-refractivity contribution in [3.63, 3.8) is 0 Å². The molecule has 0 unspecified atom stereocenters. The highest BCUT2D eigenvalue weighted by atomic mass is 35.5. The zero-order chi connectivity index (χ0) is 16.9. The Labute approximate surface area is 149 Å². The van der Waals surface area contributed by atoms with E-state index in [2.05, 4.69) is 5.32 Å². The molecule has 2 aliphatic rings. The van der Waals surface area contributed by atoms with E-state index in [4.69, 9.17) is 21.1 Å². The number of nitrogens with one attached hydrogen (secondary N) is 1. The van der Waals surface area contributed by atoms with Crippen LogP contribution in [0.25, 0.3) is 0 Å². The van der Waals surface area contributed by atoms with E-state index in [1.54, 1.807) is 11.0 Å². The summed E-state index contributed by atoms with van der Waals surface area (Å²) < 4.78 is 11.2. The van der Waals surface area contributed by atoms with Gasteiger partial charge in [0.05, 0.1) is 18.2 Å². The second kappa shape index (κ2) is 7.98. The minimum absolute atomic E-state index is 0.0532. The molecule has 24 heavy (non-hydrogen) atoms. The molecule has 1 N–H and O–H groups in total. The second-order valence-corrected chi connectivity index (χ2v) is 7.04. The molecule has 0 radical (unpaired) electrons. The third-order valence-corrected chi connectivity index (χ3v) is 4.98. The fourth-order valence-corrected chi connectivity index (χ4v) is 3.68. The predicted octanol–water partition coefficient (Wildman–Crippen LogP) is 2.68. The first-order chi connectivity index (χ1) is 11.6. The third kappa shape index (κ3) is 4.27. The number of rotatable bonds is 5. The van der Waals surface area contributed by atoms with Crippen LogP contribution in [0.3, 0.4) is 0 Å². The van der Waals surface area contributed by atoms with Crippen molar-refractivity contribution in [3.05, 3.63) is 22.7 Å². The van der Waals surface area contributed by atoms with Crippen LogP contribution in [0.5, 0.6) is 11.5 Å². The molecule has 0 spiro atoms. The van der Waals surface area contributed by atoms with E-state index in [9.17, 15) is 9.59 Å². The van der Waals surface area contributed by atoms with Gasteiger partial charge in [-0.2, -0.15) is 0 Å². The largest absolute Gasteiger partial charge is 0.489 e. The summed E-state index contributed by atoms with van der Waals surface area (Å²) in [5, 5.41) is 3.39. The zero-order valence-corrected chi connectivity index (χ0v) is 14.8. The number of nitrogens with zero attached hydrogens (tertiary/aromatic N) is 1. The molecule has 0 atom stereocenters. The molecule has 6 nitrogen and oxygen atoms in total. The van der Waals surface area contributed by atoms with Gasteiger partial charge in [-0.1, -0.05) is 23.4 Å². The van der Waals surface area contributed by atoms with Crippen LogP contribution in [0.15, 0.2) is 12.1 Å². The lowest BCUT2D eigenvalue weighted by molar-refractivity contribution is -0.121. The van der Waals surface area contributed by atoms with Crippen molar-refractivity contribution in [2.75, 3.05) is 32.1 Å². The molecule has 0 bridgehead atoms. The van der Waals surface area contributed by atoms with Crippen LogP contribution in [0, 0.1) is 0 Å². The van der Waals surface area contributed by atoms with Gasteiger partial charge in [0, 0.05) is 38.2 Å². The van der Waals surface area contributed by atoms with Gasteiger partial charge < -0.3 is 19.7 Å². The summed E-state index contributed by atoms with van der Waals surface area (Å²) in [6.45, 7) is 2.70. The maximum absolute atomic E-state index is 12.0. The average molecular weight is 371 g/mol. The number of thioether (sulfide) groups is 1. The SMILES string of the molecule is O=C(CCN1CCSC1=O)NCc1cc(Cl)c2c(c1)OCCCO2. The van der Waals surface area contributed by atoms with Crippen molar-refractivity contribution in [1.29, 1.82) is 0 Å². The molecule has 2 heterocycles. The van der Waals surface area contributed by atoms with Gasteiger partial charge in [-0.3, -0.25) is 9.59 Å². The summed E-state index contributed by atoms with van der Waals surface area (Å²) in [7, 11) is 0. The topological polar surface area (TPSA) is 67.9 Å². The third-order valence-electron chi connectivity index (χ3n) is 3.81. The van der Waals surface area contributed by atoms with Crippen molar-refractivity contribution in [2.24, 2.45) is 0 Å². The monoisotopic (exact) mass is 370 g/mol. The van der Waals surface area contributed by atoms with Gasteiger partial charge >= 0.3 is 0 Å². The van der Waals surface area contributed by atoms with Crippen LogP contribution in [0.2, 0.25) is 5.02 Å². The summed E-state index contributed by atoms with van der Waals surface area (Å²) in [6, 6.07) is 3.61. The van der Waals surface area contributed by atoms with E-state index in [0.717, 1.165) is 17.7 Å². The van der Waals surface area contributed by atoms with E-state index in [-0.39, 0.29) is 11.1 Å². The Bertz CT molecular complexity index is 641. The Morgan fingerprint density at radius 3 is 2.96 bits per heavy atom. The summed E-state index contributed by atoms with van der Waals surface area (Å²) in [5.41, 5.74) is 0.852. The molecule has 2 amide bonds. The second-order valence-electron chi connectivity index (χ2n) is 5.58. The van der Waals surface area contributed by atoms with Gasteiger partial charge in [0.2, 0.25) is 5.91 Å². The van der Waals surface area contributed by atoms with Crippen LogP contribution < -0.4 is 14.8 Å². The number of amides is 2. The summed E-state index contributed by atoms with van der Waals surface area (Å²) in [6.07, 6.45) is 1.11. The number of carbonyl (C=O) groups excluding carboxylic acids is 2. The molecular formula is C16H19ClN2O4S. The standard InChI is InChI=1S/C16H19ClN2O4S/c17-12-8-11(9-13-15(12)23-6-1-5-22-13)10-18-14(20)2-3-19-4-7-24-16(19)21/h8-9H,1-7,10H2,(H,18,20). The summed E-state index contributed by atoms with van der Waals surface area (Å²) >= 11 is 7.53. The molecule has 8 heteroatoms. The molecule has 1 aromatic carbocycles. The lowest BCUT2D eigenvalue weighted by Gasteiger charge is -2.14. The Kier molecular flexibility index (Phi) is 5.73. The van der Waals surface area contributed by atoms with Gasteiger partial charge in [0.25, 0.3) is 5.24 Å². The highest BCUT2D eigenvalue weighted by molar-refractivity contribution is 8.13. The number of carbonyl (C=O) groups is 2. The van der Waals surface area contributed by atoms with Crippen molar-refractivity contribution >= 4 is 34.5 Å². The van der Waals surface area contributed by atoms with E-state index in [0.29, 0.717) is 55.8 Å². The van der Waals surface area contributed by atoms with Gasteiger partial charge in [0.1, 0.15) is 0 Å². The first-order valence-corrected chi connectivity index (χ1v) is 9.26. The Morgan fingerprint density at radius 1 is 1.33 bits per heavy atom. The molecule has 1 fully saturated rings. The van der Waals surface area contributed by atoms with Gasteiger partial charge in [0.15, 0.2) is 11.5 Å². The van der Waals surface area contributed by atoms with Crippen LogP contribution in [0.1, 0.15) is 18.4 Å². The summed E-state index contributed by atoms with van der Waals surface area (Å²) in [5.74, 6) is 1.89. The molecule has 2 aliphatic heterocycles. The van der Waals surface area contributed by atoms with Crippen LogP contribution in [-0.2, 0) is 11.3 Å². The smallest absolute Gasteiger partial charge is 0.281 e. The van der Waals surface area contributed by atoms with Gasteiger partial charge in [-0.25, -0.2) is 0 Å². The van der Waals surface area contributed by atoms with Crippen molar-refractivity contribution in [2.45, 2.75) is 19.4 Å². The molecular weight excluding hydrogens is 352 g/mol. The Morgan fingerprint density at radius 2 is 2.17 bits per heavy atom. The molecule has 130 valence electrons. The molecule has 0 saturated carbocycles. The molecule has 1 aromatic rings. The fraction of sp³-hybridized carbons (Fsp3) is 0.500. The number of halogens is 1. The average Bonchev–Trinajstić information content (AvgIpc) is 2.82. The van der Waals surface area contributed by atoms with Gasteiger partial charge in [-0.05, 0) is 17.7 Å². The number of benzene rings is 1. The van der Waals surface area contributed by atoms with E-state index < -0.39 is 0 Å². The highest BCUT2D eigenvalue weighted by Gasteiger charge is 2.21. The van der Waals surface area contributed by atoms with Crippen molar-refractivity contribution in [1.82, 2.24) is 10.2 Å². The Balaban J connectivity index is 1.52. The quantitative estimate of drug-likeness (QED) is 0.863. The molecule has 0 aromatic heterocycles. The number of hydrogen-bond acceptors (Lipinski definition) is 5. The lowest BCUT2D eigenvalue weighted by atomic mass is 10.2. The maximum Gasteiger partial charge on any atom is 0.281 e. The minimum atomic E-state index is -0.0945. The fourth-order valence-electron chi connectivity index (χ4n) is 2.54. The summed E-state index contributed by atoms with van der Waals surface area (Å²) in [4.78, 5) is 25.2. The number of hydrogen-bond donors (Lipinski definition) is 1. The zero-order valence-electron chi connectivity index (χ0n) is 13.2. The number of ether oxygens (including phenoxy) is 2. The molecule has 1 saturated heterocycles. The normalized spacial score (nSPS) is 16.9. The minimum Gasteiger partial charge on any atom is -0.489 e. The Hall–Kier alpha value is -1.60. The molecule has 0 aliphatic carbocycles. The number of fused-ring (bicyclic) bond motifs is 1. The highest BCUT2D eigenvalue weighted by Crippen LogP contribution is 2.37. The predicted molar refractivity (Wildman–Crippen MR) is 92.9 cm³/mol. The van der Waals surface area contributed by atoms with E-state index in [1.807, 2.05) is 6.07 Å². The van der Waals surface area contributed by atoms with Crippen LogP contribution in [0.4, 0.5) is 4.79 Å². The lowest BCUT2D eigenvalue weighted by Crippen LogP contribution is -2.30. The first kappa shape index (κ1) is 17.2. The first-order valence-electron chi connectivity index (χ1n) is 7.90. The molecule has 3 rings (SSSR count). The maximum atomic E-state index is 12.0. The van der Waals surface area contributed by atoms with E-state index in [1.165, 1.54) is 11.8 Å². The van der Waals surface area contributed by atoms with E-state index >= 15 is 0 Å². The van der Waals surface area contributed by atoms with Crippen LogP contribution in [-0.4, -0.2) is 48.1 Å². The van der Waals surface area contributed by atoms with Crippen molar-refractivity contribution in [3.8, 4) is 11.5 Å². The van der Waals surface area contributed by atoms with Crippen molar-refractivity contribution < 1.29 is 19.1 Å². The van der Waals surface area contributed by atoms with Gasteiger partial charge in [-0.15, -0.1) is 0 Å². The van der Waals surface area contributed by atoms with Crippen LogP contribution >= 0.6 is 23.4 Å².